The molecule has 1 N–H and O–H groups in total. The number of nitrogens with zero attached hydrogens (tertiary/aromatic N) is 4. The fourth-order valence-corrected chi connectivity index (χ4v) is 2.27. The van der Waals surface area contributed by atoms with E-state index in [4.69, 9.17) is 0 Å². The highest BCUT2D eigenvalue weighted by atomic mass is 32.2. The minimum absolute atomic E-state index is 0.371. The molecule has 1 heterocycles. The van der Waals surface area contributed by atoms with Crippen molar-refractivity contribution in [3.63, 3.8) is 0 Å². The van der Waals surface area contributed by atoms with Gasteiger partial charge in [-0.25, -0.2) is 4.68 Å². The first kappa shape index (κ1) is 11.9. The molecule has 1 unspecified atom stereocenters. The summed E-state index contributed by atoms with van der Waals surface area (Å²) in [5.41, 5.74) is 0. The Kier molecular flexibility index (Phi) is 4.17. The van der Waals surface area contributed by atoms with Crippen molar-refractivity contribution in [1.29, 1.82) is 0 Å². The van der Waals surface area contributed by atoms with Gasteiger partial charge in [-0.1, -0.05) is 6.92 Å². The van der Waals surface area contributed by atoms with E-state index in [2.05, 4.69) is 34.7 Å². The van der Waals surface area contributed by atoms with Crippen LogP contribution >= 0.6 is 11.8 Å². The number of hydrogen-bond acceptors (Lipinski definition) is 5. The van der Waals surface area contributed by atoms with Gasteiger partial charge in [0.1, 0.15) is 0 Å². The van der Waals surface area contributed by atoms with Gasteiger partial charge >= 0.3 is 0 Å². The number of tetrazole rings is 1. The summed E-state index contributed by atoms with van der Waals surface area (Å²) in [6.07, 6.45) is 2.59. The molecule has 2 rings (SSSR count). The van der Waals surface area contributed by atoms with E-state index >= 15 is 0 Å². The molecule has 1 fully saturated rings. The highest BCUT2D eigenvalue weighted by Crippen LogP contribution is 2.19. The summed E-state index contributed by atoms with van der Waals surface area (Å²) in [7, 11) is 0. The van der Waals surface area contributed by atoms with Crippen molar-refractivity contribution in [3.05, 3.63) is 5.82 Å². The Labute approximate surface area is 100 Å². The van der Waals surface area contributed by atoms with Crippen molar-refractivity contribution in [2.75, 3.05) is 11.5 Å². The summed E-state index contributed by atoms with van der Waals surface area (Å²) in [5, 5.41) is 15.3. The molecule has 1 saturated carbocycles. The van der Waals surface area contributed by atoms with Gasteiger partial charge < -0.3 is 5.32 Å². The third kappa shape index (κ3) is 3.18. The third-order valence-corrected chi connectivity index (χ3v) is 3.79. The van der Waals surface area contributed by atoms with E-state index in [-0.39, 0.29) is 0 Å². The van der Waals surface area contributed by atoms with Crippen LogP contribution in [0, 0.1) is 0 Å². The molecule has 1 atom stereocenters. The molecule has 0 radical (unpaired) electrons. The highest BCUT2D eigenvalue weighted by molar-refractivity contribution is 7.99. The Bertz CT molecular complexity index is 323. The largest absolute Gasteiger partial charge is 0.307 e. The SMILES string of the molecule is CCSCC(C)n1nnnc1CNC1CC1. The molecule has 0 amide bonds. The van der Waals surface area contributed by atoms with Crippen LogP contribution in [0.15, 0.2) is 0 Å². The zero-order valence-electron chi connectivity index (χ0n) is 9.89. The lowest BCUT2D eigenvalue weighted by Gasteiger charge is -2.12. The first-order valence-electron chi connectivity index (χ1n) is 5.89. The maximum atomic E-state index is 4.08. The zero-order chi connectivity index (χ0) is 11.4. The maximum absolute atomic E-state index is 4.08. The smallest absolute Gasteiger partial charge is 0.165 e. The average Bonchev–Trinajstić information content (AvgIpc) is 3.00. The van der Waals surface area contributed by atoms with E-state index in [1.54, 1.807) is 0 Å². The fraction of sp³-hybridized carbons (Fsp3) is 0.900. The van der Waals surface area contributed by atoms with Crippen molar-refractivity contribution in [3.8, 4) is 0 Å². The maximum Gasteiger partial charge on any atom is 0.165 e. The predicted molar refractivity (Wildman–Crippen MR) is 65.4 cm³/mol. The van der Waals surface area contributed by atoms with E-state index in [9.17, 15) is 0 Å². The molecule has 5 nitrogen and oxygen atoms in total. The van der Waals surface area contributed by atoms with E-state index in [1.165, 1.54) is 12.8 Å². The first-order valence-corrected chi connectivity index (χ1v) is 7.04. The molecular formula is C10H19N5S. The standard InChI is InChI=1S/C10H19N5S/c1-3-16-7-8(2)15-10(12-13-14-15)6-11-9-4-5-9/h8-9,11H,3-7H2,1-2H3. The number of hydrogen-bond donors (Lipinski definition) is 1. The van der Waals surface area contributed by atoms with Gasteiger partial charge in [-0.15, -0.1) is 5.10 Å². The van der Waals surface area contributed by atoms with Crippen LogP contribution in [0.4, 0.5) is 0 Å². The van der Waals surface area contributed by atoms with Gasteiger partial charge in [0, 0.05) is 11.8 Å². The number of rotatable bonds is 7. The molecule has 6 heteroatoms. The van der Waals surface area contributed by atoms with E-state index < -0.39 is 0 Å². The monoisotopic (exact) mass is 241 g/mol. The number of thioether (sulfide) groups is 1. The normalized spacial score (nSPS) is 17.6. The molecule has 1 aromatic heterocycles. The summed E-state index contributed by atoms with van der Waals surface area (Å²) < 4.78 is 1.94. The average molecular weight is 241 g/mol. The van der Waals surface area contributed by atoms with Gasteiger partial charge in [-0.3, -0.25) is 0 Å². The molecule has 0 saturated heterocycles. The molecular weight excluding hydrogens is 222 g/mol. The van der Waals surface area contributed by atoms with Crippen LogP contribution in [0.2, 0.25) is 0 Å². The molecule has 16 heavy (non-hydrogen) atoms. The predicted octanol–water partition coefficient (Wildman–Crippen LogP) is 1.24. The van der Waals surface area contributed by atoms with Crippen LogP contribution in [0.1, 0.15) is 38.6 Å². The van der Waals surface area contributed by atoms with Gasteiger partial charge in [0.15, 0.2) is 5.82 Å². The Morgan fingerprint density at radius 1 is 1.56 bits per heavy atom. The van der Waals surface area contributed by atoms with Crippen LogP contribution in [-0.4, -0.2) is 37.8 Å². The molecule has 0 aliphatic heterocycles. The number of aromatic nitrogens is 4. The third-order valence-electron chi connectivity index (χ3n) is 2.67. The van der Waals surface area contributed by atoms with Crippen LogP contribution < -0.4 is 5.32 Å². The van der Waals surface area contributed by atoms with Gasteiger partial charge in [-0.2, -0.15) is 11.8 Å². The summed E-state index contributed by atoms with van der Waals surface area (Å²) in [6.45, 7) is 5.13. The molecule has 1 aliphatic carbocycles. The zero-order valence-corrected chi connectivity index (χ0v) is 10.7. The van der Waals surface area contributed by atoms with Crippen LogP contribution in [0.3, 0.4) is 0 Å². The van der Waals surface area contributed by atoms with Crippen molar-refractivity contribution < 1.29 is 0 Å². The highest BCUT2D eigenvalue weighted by Gasteiger charge is 2.21. The minimum atomic E-state index is 0.371. The minimum Gasteiger partial charge on any atom is -0.307 e. The lowest BCUT2D eigenvalue weighted by Crippen LogP contribution is -2.21. The summed E-state index contributed by atoms with van der Waals surface area (Å²) in [5.74, 6) is 3.16. The van der Waals surface area contributed by atoms with Crippen LogP contribution in [0.25, 0.3) is 0 Å². The Morgan fingerprint density at radius 2 is 2.38 bits per heavy atom. The summed E-state index contributed by atoms with van der Waals surface area (Å²) >= 11 is 1.92. The molecule has 1 aromatic rings. The second-order valence-corrected chi connectivity index (χ2v) is 5.52. The Morgan fingerprint density at radius 3 is 3.06 bits per heavy atom. The van der Waals surface area contributed by atoms with E-state index in [0.717, 1.165) is 23.9 Å². The summed E-state index contributed by atoms with van der Waals surface area (Å²) in [6, 6.07) is 1.07. The quantitative estimate of drug-likeness (QED) is 0.778. The Balaban J connectivity index is 1.88. The topological polar surface area (TPSA) is 55.6 Å². The van der Waals surface area contributed by atoms with Crippen molar-refractivity contribution in [2.24, 2.45) is 0 Å². The number of nitrogens with one attached hydrogen (secondary N) is 1. The summed E-state index contributed by atoms with van der Waals surface area (Å²) in [4.78, 5) is 0. The molecule has 0 bridgehead atoms. The van der Waals surface area contributed by atoms with Crippen molar-refractivity contribution in [1.82, 2.24) is 25.5 Å². The van der Waals surface area contributed by atoms with Gasteiger partial charge in [-0.05, 0) is 35.9 Å². The molecule has 1 aliphatic rings. The van der Waals surface area contributed by atoms with E-state index in [1.807, 2.05) is 16.4 Å². The second-order valence-electron chi connectivity index (χ2n) is 4.20. The van der Waals surface area contributed by atoms with Crippen LogP contribution in [0.5, 0.6) is 0 Å². The molecule has 0 spiro atoms. The first-order chi connectivity index (χ1) is 7.81. The van der Waals surface area contributed by atoms with Crippen molar-refractivity contribution in [2.45, 2.75) is 45.3 Å². The van der Waals surface area contributed by atoms with Gasteiger partial charge in [0.05, 0.1) is 12.6 Å². The lowest BCUT2D eigenvalue weighted by molar-refractivity contribution is 0.486. The molecule has 0 aromatic carbocycles. The second kappa shape index (κ2) is 5.63. The lowest BCUT2D eigenvalue weighted by atomic mass is 10.4. The van der Waals surface area contributed by atoms with Crippen LogP contribution in [-0.2, 0) is 6.54 Å². The molecule has 90 valence electrons. The Hall–Kier alpha value is -0.620. The van der Waals surface area contributed by atoms with Crippen molar-refractivity contribution >= 4 is 11.8 Å². The van der Waals surface area contributed by atoms with Gasteiger partial charge in [0.2, 0.25) is 0 Å². The van der Waals surface area contributed by atoms with E-state index in [0.29, 0.717) is 12.1 Å². The van der Waals surface area contributed by atoms with Gasteiger partial charge in [0.25, 0.3) is 0 Å². The fourth-order valence-electron chi connectivity index (χ4n) is 1.55.